The van der Waals surface area contributed by atoms with Gasteiger partial charge in [0, 0.05) is 49.1 Å². The molecule has 0 radical (unpaired) electrons. The molecule has 0 unspecified atom stereocenters. The molecule has 1 N–H and O–H groups in total. The minimum atomic E-state index is 0.0182. The highest BCUT2D eigenvalue weighted by atomic mass is 16.5. The van der Waals surface area contributed by atoms with E-state index in [2.05, 4.69) is 21.2 Å². The monoisotopic (exact) mass is 390 g/mol. The first-order valence-electron chi connectivity index (χ1n) is 9.96. The number of hydrogen-bond donors (Lipinski definition) is 1. The molecular weight excluding hydrogens is 364 g/mol. The van der Waals surface area contributed by atoms with Crippen molar-refractivity contribution in [3.05, 3.63) is 65.9 Å². The lowest BCUT2D eigenvalue weighted by Gasteiger charge is -2.24. The number of carbonyl (C=O) groups excluding carboxylic acids is 1. The second-order valence-electron chi connectivity index (χ2n) is 7.27. The first-order valence-corrected chi connectivity index (χ1v) is 9.96. The van der Waals surface area contributed by atoms with Crippen molar-refractivity contribution in [1.82, 2.24) is 15.1 Å². The van der Waals surface area contributed by atoms with Crippen molar-refractivity contribution >= 4 is 11.6 Å². The molecule has 1 aromatic heterocycles. The standard InChI is InChI=1S/C23H26N4O2/c1-17-21(18-8-4-3-5-9-18)24-25-22(17)23(28)27-13-7-12-26(14-15-27)19-10-6-11-20(16-19)29-2/h3-6,8-11,16H,7,12-15H2,1-2H3,(H,24,25). The third-order valence-electron chi connectivity index (χ3n) is 5.47. The van der Waals surface area contributed by atoms with Gasteiger partial charge in [0.2, 0.25) is 0 Å². The Morgan fingerprint density at radius 1 is 1.03 bits per heavy atom. The van der Waals surface area contributed by atoms with Gasteiger partial charge in [0.05, 0.1) is 12.8 Å². The molecule has 150 valence electrons. The summed E-state index contributed by atoms with van der Waals surface area (Å²) >= 11 is 0. The number of rotatable bonds is 4. The number of amides is 1. The molecule has 1 saturated heterocycles. The minimum absolute atomic E-state index is 0.0182. The average molecular weight is 390 g/mol. The molecule has 4 rings (SSSR count). The van der Waals surface area contributed by atoms with Crippen molar-refractivity contribution in [2.24, 2.45) is 0 Å². The first kappa shape index (κ1) is 19.1. The van der Waals surface area contributed by atoms with Crippen LogP contribution < -0.4 is 9.64 Å². The van der Waals surface area contributed by atoms with Gasteiger partial charge >= 0.3 is 0 Å². The van der Waals surface area contributed by atoms with Crippen LogP contribution in [-0.2, 0) is 0 Å². The summed E-state index contributed by atoms with van der Waals surface area (Å²) in [7, 11) is 1.68. The third kappa shape index (κ3) is 3.97. The predicted molar refractivity (Wildman–Crippen MR) is 114 cm³/mol. The molecule has 0 aliphatic carbocycles. The van der Waals surface area contributed by atoms with Crippen LogP contribution in [0.1, 0.15) is 22.5 Å². The number of methoxy groups -OCH3 is 1. The summed E-state index contributed by atoms with van der Waals surface area (Å²) in [5, 5.41) is 7.39. The Bertz CT molecular complexity index is 984. The number of aromatic nitrogens is 2. The first-order chi connectivity index (χ1) is 14.2. The Balaban J connectivity index is 1.48. The van der Waals surface area contributed by atoms with E-state index in [-0.39, 0.29) is 5.91 Å². The van der Waals surface area contributed by atoms with Crippen molar-refractivity contribution in [3.63, 3.8) is 0 Å². The molecule has 29 heavy (non-hydrogen) atoms. The number of nitrogens with one attached hydrogen (secondary N) is 1. The van der Waals surface area contributed by atoms with E-state index in [4.69, 9.17) is 4.74 Å². The highest BCUT2D eigenvalue weighted by Gasteiger charge is 2.24. The average Bonchev–Trinajstić information content (AvgIpc) is 2.99. The van der Waals surface area contributed by atoms with Crippen LogP contribution in [0.2, 0.25) is 0 Å². The van der Waals surface area contributed by atoms with E-state index in [1.165, 1.54) is 0 Å². The second-order valence-corrected chi connectivity index (χ2v) is 7.27. The molecule has 0 bridgehead atoms. The fourth-order valence-corrected chi connectivity index (χ4v) is 3.83. The molecule has 1 aliphatic heterocycles. The van der Waals surface area contributed by atoms with Crippen LogP contribution in [0.15, 0.2) is 54.6 Å². The molecule has 1 fully saturated rings. The SMILES string of the molecule is COc1cccc(N2CCCN(C(=O)c3[nH]nc(-c4ccccc4)c3C)CC2)c1. The highest BCUT2D eigenvalue weighted by Crippen LogP contribution is 2.25. The van der Waals surface area contributed by atoms with E-state index in [1.54, 1.807) is 7.11 Å². The van der Waals surface area contributed by atoms with E-state index in [0.717, 1.165) is 54.3 Å². The van der Waals surface area contributed by atoms with Crippen molar-refractivity contribution in [1.29, 1.82) is 0 Å². The fraction of sp³-hybridized carbons (Fsp3) is 0.304. The quantitative estimate of drug-likeness (QED) is 0.737. The molecule has 2 heterocycles. The van der Waals surface area contributed by atoms with Crippen LogP contribution >= 0.6 is 0 Å². The maximum Gasteiger partial charge on any atom is 0.272 e. The van der Waals surface area contributed by atoms with Gasteiger partial charge in [-0.15, -0.1) is 0 Å². The summed E-state index contributed by atoms with van der Waals surface area (Å²) in [6, 6.07) is 18.0. The van der Waals surface area contributed by atoms with Crippen molar-refractivity contribution in [2.75, 3.05) is 38.2 Å². The van der Waals surface area contributed by atoms with Crippen LogP contribution in [0.3, 0.4) is 0 Å². The van der Waals surface area contributed by atoms with Gasteiger partial charge in [-0.05, 0) is 25.5 Å². The number of benzene rings is 2. The summed E-state index contributed by atoms with van der Waals surface area (Å²) in [6.45, 7) is 5.07. The number of carbonyl (C=O) groups is 1. The summed E-state index contributed by atoms with van der Waals surface area (Å²) in [6.07, 6.45) is 0.918. The van der Waals surface area contributed by atoms with Crippen LogP contribution in [0.5, 0.6) is 5.75 Å². The van der Waals surface area contributed by atoms with Crippen molar-refractivity contribution < 1.29 is 9.53 Å². The Kier molecular flexibility index (Phi) is 5.51. The Hall–Kier alpha value is -3.28. The summed E-state index contributed by atoms with van der Waals surface area (Å²) < 4.78 is 5.34. The minimum Gasteiger partial charge on any atom is -0.497 e. The Morgan fingerprint density at radius 3 is 2.66 bits per heavy atom. The Morgan fingerprint density at radius 2 is 1.86 bits per heavy atom. The zero-order chi connectivity index (χ0) is 20.2. The van der Waals surface area contributed by atoms with Gasteiger partial charge in [-0.1, -0.05) is 36.4 Å². The zero-order valence-corrected chi connectivity index (χ0v) is 16.9. The fourth-order valence-electron chi connectivity index (χ4n) is 3.83. The maximum atomic E-state index is 13.2. The van der Waals surface area contributed by atoms with Crippen LogP contribution in [0.25, 0.3) is 11.3 Å². The van der Waals surface area contributed by atoms with Gasteiger partial charge in [-0.2, -0.15) is 5.10 Å². The van der Waals surface area contributed by atoms with Crippen molar-refractivity contribution in [2.45, 2.75) is 13.3 Å². The third-order valence-corrected chi connectivity index (χ3v) is 5.47. The molecule has 6 nitrogen and oxygen atoms in total. The molecule has 1 aliphatic rings. The van der Waals surface area contributed by atoms with Crippen molar-refractivity contribution in [3.8, 4) is 17.0 Å². The van der Waals surface area contributed by atoms with E-state index in [0.29, 0.717) is 12.2 Å². The molecular formula is C23H26N4O2. The largest absolute Gasteiger partial charge is 0.497 e. The van der Waals surface area contributed by atoms with Crippen LogP contribution in [0, 0.1) is 6.92 Å². The lowest BCUT2D eigenvalue weighted by molar-refractivity contribution is 0.0760. The highest BCUT2D eigenvalue weighted by molar-refractivity contribution is 5.95. The summed E-state index contributed by atoms with van der Waals surface area (Å²) in [4.78, 5) is 17.4. The summed E-state index contributed by atoms with van der Waals surface area (Å²) in [5.41, 5.74) is 4.46. The van der Waals surface area contributed by atoms with E-state index in [9.17, 15) is 4.79 Å². The van der Waals surface area contributed by atoms with E-state index < -0.39 is 0 Å². The molecule has 0 atom stereocenters. The number of H-pyrrole nitrogens is 1. The zero-order valence-electron chi connectivity index (χ0n) is 16.9. The Labute approximate surface area is 171 Å². The van der Waals surface area contributed by atoms with Gasteiger partial charge in [-0.25, -0.2) is 0 Å². The molecule has 0 saturated carbocycles. The maximum absolute atomic E-state index is 13.2. The van der Waals surface area contributed by atoms with Crippen LogP contribution in [0.4, 0.5) is 5.69 Å². The van der Waals surface area contributed by atoms with Crippen LogP contribution in [-0.4, -0.2) is 54.3 Å². The molecule has 6 heteroatoms. The van der Waals surface area contributed by atoms with E-state index >= 15 is 0 Å². The van der Waals surface area contributed by atoms with Gasteiger partial charge in [0.15, 0.2) is 0 Å². The van der Waals surface area contributed by atoms with Gasteiger partial charge < -0.3 is 14.5 Å². The number of aromatic amines is 1. The topological polar surface area (TPSA) is 61.5 Å². The molecule has 2 aromatic carbocycles. The number of hydrogen-bond acceptors (Lipinski definition) is 4. The lowest BCUT2D eigenvalue weighted by Crippen LogP contribution is -2.35. The van der Waals surface area contributed by atoms with Gasteiger partial charge in [0.1, 0.15) is 11.4 Å². The number of anilines is 1. The molecule has 3 aromatic rings. The lowest BCUT2D eigenvalue weighted by atomic mass is 10.1. The van der Waals surface area contributed by atoms with Gasteiger partial charge in [0.25, 0.3) is 5.91 Å². The molecule has 1 amide bonds. The van der Waals surface area contributed by atoms with Gasteiger partial charge in [-0.3, -0.25) is 9.89 Å². The number of ether oxygens (including phenoxy) is 1. The second kappa shape index (κ2) is 8.39. The molecule has 0 spiro atoms. The predicted octanol–water partition coefficient (Wildman–Crippen LogP) is 3.75. The van der Waals surface area contributed by atoms with E-state index in [1.807, 2.05) is 60.4 Å². The number of nitrogens with zero attached hydrogens (tertiary/aromatic N) is 3. The summed E-state index contributed by atoms with van der Waals surface area (Å²) in [5.74, 6) is 0.867. The normalized spacial score (nSPS) is 14.6. The smallest absolute Gasteiger partial charge is 0.272 e.